The van der Waals surface area contributed by atoms with Crippen molar-refractivity contribution >= 4 is 6.09 Å². The average molecular weight is 189 g/mol. The number of ether oxygens (including phenoxy) is 1. The Hall–Kier alpha value is -0.810. The summed E-state index contributed by atoms with van der Waals surface area (Å²) in [5.41, 5.74) is 10.1. The first kappa shape index (κ1) is 12.2. The lowest BCUT2D eigenvalue weighted by molar-refractivity contribution is 0.154. The Morgan fingerprint density at radius 3 is 2.54 bits per heavy atom. The third kappa shape index (κ3) is 11.2. The van der Waals surface area contributed by atoms with Gasteiger partial charge < -0.3 is 21.5 Å². The molecule has 0 radical (unpaired) electrons. The molecule has 0 aromatic heterocycles. The quantitative estimate of drug-likeness (QED) is 0.461. The van der Waals surface area contributed by atoms with Crippen molar-refractivity contribution in [3.05, 3.63) is 0 Å². The zero-order chi connectivity index (χ0) is 9.94. The van der Waals surface area contributed by atoms with Crippen LogP contribution >= 0.6 is 0 Å². The number of rotatable bonds is 8. The summed E-state index contributed by atoms with van der Waals surface area (Å²) in [7, 11) is 0. The predicted octanol–water partition coefficient (Wildman–Crippen LogP) is -0.200. The number of carbonyl (C=O) groups excluding carboxylic acids is 1. The van der Waals surface area contributed by atoms with Crippen LogP contribution < -0.4 is 16.8 Å². The lowest BCUT2D eigenvalue weighted by atomic mass is 10.3. The van der Waals surface area contributed by atoms with E-state index in [1.165, 1.54) is 0 Å². The first-order valence-electron chi connectivity index (χ1n) is 4.60. The second kappa shape index (κ2) is 9.28. The van der Waals surface area contributed by atoms with E-state index < -0.39 is 6.09 Å². The lowest BCUT2D eigenvalue weighted by Gasteiger charge is -2.03. The molecule has 0 saturated heterocycles. The monoisotopic (exact) mass is 189 g/mol. The van der Waals surface area contributed by atoms with E-state index in [0.29, 0.717) is 6.61 Å². The molecule has 1 amide bonds. The smallest absolute Gasteiger partial charge is 0.404 e. The van der Waals surface area contributed by atoms with E-state index in [1.807, 2.05) is 0 Å². The van der Waals surface area contributed by atoms with Crippen molar-refractivity contribution in [3.8, 4) is 0 Å². The molecule has 0 aromatic carbocycles. The van der Waals surface area contributed by atoms with Crippen LogP contribution in [0, 0.1) is 0 Å². The number of hydrogen-bond acceptors (Lipinski definition) is 4. The Balaban J connectivity index is 2.87. The maximum absolute atomic E-state index is 10.1. The highest BCUT2D eigenvalue weighted by atomic mass is 16.5. The van der Waals surface area contributed by atoms with Crippen LogP contribution in [0.15, 0.2) is 0 Å². The highest BCUT2D eigenvalue weighted by molar-refractivity contribution is 5.64. The van der Waals surface area contributed by atoms with E-state index in [-0.39, 0.29) is 0 Å². The third-order valence-corrected chi connectivity index (χ3v) is 1.55. The Morgan fingerprint density at radius 1 is 1.23 bits per heavy atom. The van der Waals surface area contributed by atoms with Gasteiger partial charge in [0.1, 0.15) is 0 Å². The molecule has 0 aliphatic carbocycles. The van der Waals surface area contributed by atoms with Gasteiger partial charge in [-0.05, 0) is 38.9 Å². The van der Waals surface area contributed by atoms with Crippen molar-refractivity contribution < 1.29 is 9.53 Å². The minimum atomic E-state index is -0.698. The number of carbonyl (C=O) groups is 1. The predicted molar refractivity (Wildman–Crippen MR) is 51.3 cm³/mol. The summed E-state index contributed by atoms with van der Waals surface area (Å²) in [6.07, 6.45) is 2.13. The lowest BCUT2D eigenvalue weighted by Crippen LogP contribution is -2.20. The number of nitrogens with one attached hydrogen (secondary N) is 1. The molecule has 0 aliphatic rings. The highest BCUT2D eigenvalue weighted by Gasteiger charge is 1.92. The van der Waals surface area contributed by atoms with Crippen LogP contribution in [0.1, 0.15) is 19.3 Å². The normalized spacial score (nSPS) is 9.92. The Labute approximate surface area is 78.8 Å². The van der Waals surface area contributed by atoms with E-state index >= 15 is 0 Å². The average Bonchev–Trinajstić information content (AvgIpc) is 2.09. The summed E-state index contributed by atoms with van der Waals surface area (Å²) in [4.78, 5) is 10.1. The second-order valence-electron chi connectivity index (χ2n) is 2.77. The van der Waals surface area contributed by atoms with Crippen molar-refractivity contribution in [2.24, 2.45) is 11.5 Å². The molecular formula is C8H19N3O2. The molecular weight excluding hydrogens is 170 g/mol. The van der Waals surface area contributed by atoms with Gasteiger partial charge in [0.15, 0.2) is 0 Å². The van der Waals surface area contributed by atoms with Gasteiger partial charge in [0, 0.05) is 0 Å². The fourth-order valence-corrected chi connectivity index (χ4v) is 0.877. The molecule has 5 heteroatoms. The maximum atomic E-state index is 10.1. The van der Waals surface area contributed by atoms with Crippen molar-refractivity contribution in [1.29, 1.82) is 0 Å². The Bertz CT molecular complexity index is 131. The summed E-state index contributed by atoms with van der Waals surface area (Å²) < 4.78 is 4.56. The van der Waals surface area contributed by atoms with E-state index in [9.17, 15) is 4.79 Å². The fourth-order valence-electron chi connectivity index (χ4n) is 0.877. The molecule has 0 atom stereocenters. The van der Waals surface area contributed by atoms with Gasteiger partial charge in [-0.2, -0.15) is 0 Å². The molecule has 0 heterocycles. The summed E-state index contributed by atoms with van der Waals surface area (Å²) >= 11 is 0. The molecule has 0 aromatic rings. The van der Waals surface area contributed by atoms with Crippen LogP contribution in [0.25, 0.3) is 0 Å². The van der Waals surface area contributed by atoms with Gasteiger partial charge >= 0.3 is 6.09 Å². The fraction of sp³-hybridized carbons (Fsp3) is 0.875. The number of amides is 1. The van der Waals surface area contributed by atoms with Crippen LogP contribution in [-0.2, 0) is 4.74 Å². The number of primary amides is 1. The van der Waals surface area contributed by atoms with Gasteiger partial charge in [-0.1, -0.05) is 0 Å². The molecule has 0 spiro atoms. The molecule has 0 saturated carbocycles. The molecule has 0 bridgehead atoms. The Kier molecular flexibility index (Phi) is 8.70. The molecule has 78 valence electrons. The number of unbranched alkanes of at least 4 members (excludes halogenated alkanes) is 1. The standard InChI is InChI=1S/C8H19N3O2/c9-4-3-6-11-5-1-2-7-13-8(10)12/h11H,1-7,9H2,(H2,10,12). The van der Waals surface area contributed by atoms with Gasteiger partial charge in [0.2, 0.25) is 0 Å². The second-order valence-corrected chi connectivity index (χ2v) is 2.77. The van der Waals surface area contributed by atoms with Gasteiger partial charge in [0.05, 0.1) is 6.61 Å². The van der Waals surface area contributed by atoms with Crippen molar-refractivity contribution in [3.63, 3.8) is 0 Å². The zero-order valence-electron chi connectivity index (χ0n) is 7.92. The van der Waals surface area contributed by atoms with Crippen LogP contribution in [0.2, 0.25) is 0 Å². The summed E-state index contributed by atoms with van der Waals surface area (Å²) in [5, 5.41) is 3.22. The van der Waals surface area contributed by atoms with E-state index in [4.69, 9.17) is 11.5 Å². The van der Waals surface area contributed by atoms with Gasteiger partial charge in [-0.25, -0.2) is 4.79 Å². The van der Waals surface area contributed by atoms with Gasteiger partial charge in [-0.15, -0.1) is 0 Å². The molecule has 0 rings (SSSR count). The minimum absolute atomic E-state index is 0.411. The molecule has 5 N–H and O–H groups in total. The topological polar surface area (TPSA) is 90.4 Å². The Morgan fingerprint density at radius 2 is 1.92 bits per heavy atom. The van der Waals surface area contributed by atoms with E-state index in [1.54, 1.807) is 0 Å². The van der Waals surface area contributed by atoms with Gasteiger partial charge in [0.25, 0.3) is 0 Å². The van der Waals surface area contributed by atoms with E-state index in [2.05, 4.69) is 10.1 Å². The van der Waals surface area contributed by atoms with Crippen molar-refractivity contribution in [2.45, 2.75) is 19.3 Å². The largest absolute Gasteiger partial charge is 0.450 e. The van der Waals surface area contributed by atoms with Gasteiger partial charge in [-0.3, -0.25) is 0 Å². The molecule has 0 aliphatic heterocycles. The maximum Gasteiger partial charge on any atom is 0.404 e. The third-order valence-electron chi connectivity index (χ3n) is 1.55. The molecule has 0 unspecified atom stereocenters. The first-order chi connectivity index (χ1) is 6.27. The number of hydrogen-bond donors (Lipinski definition) is 3. The number of nitrogens with two attached hydrogens (primary N) is 2. The zero-order valence-corrected chi connectivity index (χ0v) is 7.92. The van der Waals surface area contributed by atoms with Crippen LogP contribution in [0.4, 0.5) is 4.79 Å². The molecule has 13 heavy (non-hydrogen) atoms. The van der Waals surface area contributed by atoms with Crippen LogP contribution in [0.3, 0.4) is 0 Å². The van der Waals surface area contributed by atoms with Crippen molar-refractivity contribution in [1.82, 2.24) is 5.32 Å². The summed E-state index contributed by atoms with van der Waals surface area (Å²) in [5.74, 6) is 0. The highest BCUT2D eigenvalue weighted by Crippen LogP contribution is 1.88. The van der Waals surface area contributed by atoms with E-state index in [0.717, 1.165) is 38.9 Å². The minimum Gasteiger partial charge on any atom is -0.450 e. The van der Waals surface area contributed by atoms with Crippen LogP contribution in [-0.4, -0.2) is 32.3 Å². The summed E-state index contributed by atoms with van der Waals surface area (Å²) in [6, 6.07) is 0. The molecule has 5 nitrogen and oxygen atoms in total. The van der Waals surface area contributed by atoms with Crippen LogP contribution in [0.5, 0.6) is 0 Å². The molecule has 0 fully saturated rings. The first-order valence-corrected chi connectivity index (χ1v) is 4.60. The SMILES string of the molecule is NCCCNCCCCOC(N)=O. The van der Waals surface area contributed by atoms with Crippen molar-refractivity contribution in [2.75, 3.05) is 26.2 Å². The summed E-state index contributed by atoms with van der Waals surface area (Å²) in [6.45, 7) is 3.01.